The molecule has 5 heteroatoms. The third-order valence-electron chi connectivity index (χ3n) is 1.83. The number of aliphatic hydroxyl groups excluding tert-OH is 1. The van der Waals surface area contributed by atoms with Crippen LogP contribution in [0.1, 0.15) is 20.3 Å². The van der Waals surface area contributed by atoms with Crippen molar-refractivity contribution in [3.05, 3.63) is 12.4 Å². The molecular weight excluding hydrogens is 210 g/mol. The van der Waals surface area contributed by atoms with E-state index in [0.29, 0.717) is 5.25 Å². The van der Waals surface area contributed by atoms with Crippen molar-refractivity contribution in [3.8, 4) is 0 Å². The smallest absolute Gasteiger partial charge is 0.145 e. The van der Waals surface area contributed by atoms with Gasteiger partial charge in [-0.3, -0.25) is 4.98 Å². The molecule has 0 radical (unpaired) electrons. The summed E-state index contributed by atoms with van der Waals surface area (Å²) in [7, 11) is 0. The van der Waals surface area contributed by atoms with Gasteiger partial charge in [0.25, 0.3) is 0 Å². The third kappa shape index (κ3) is 4.48. The van der Waals surface area contributed by atoms with E-state index in [2.05, 4.69) is 22.2 Å². The van der Waals surface area contributed by atoms with Crippen LogP contribution in [-0.4, -0.2) is 33.5 Å². The molecule has 0 spiro atoms. The molecular formula is C10H17N3OS. The van der Waals surface area contributed by atoms with Gasteiger partial charge < -0.3 is 10.4 Å². The lowest BCUT2D eigenvalue weighted by Gasteiger charge is -2.09. The Balaban J connectivity index is 2.56. The first-order valence-electron chi connectivity index (χ1n) is 5.09. The number of aliphatic hydroxyl groups is 1. The highest BCUT2D eigenvalue weighted by Crippen LogP contribution is 2.23. The number of aromatic nitrogens is 2. The van der Waals surface area contributed by atoms with E-state index < -0.39 is 0 Å². The molecule has 4 nitrogen and oxygen atoms in total. The first-order chi connectivity index (χ1) is 7.26. The molecule has 0 saturated heterocycles. The van der Waals surface area contributed by atoms with Crippen molar-refractivity contribution in [2.24, 2.45) is 0 Å². The van der Waals surface area contributed by atoms with Crippen LogP contribution in [0.25, 0.3) is 0 Å². The summed E-state index contributed by atoms with van der Waals surface area (Å²) in [6.07, 6.45) is 4.24. The first-order valence-corrected chi connectivity index (χ1v) is 5.97. The molecule has 0 aliphatic rings. The fourth-order valence-electron chi connectivity index (χ4n) is 1.12. The van der Waals surface area contributed by atoms with Gasteiger partial charge in [0, 0.05) is 18.4 Å². The molecule has 1 aromatic rings. The normalized spacial score (nSPS) is 12.5. The molecule has 1 rings (SSSR count). The van der Waals surface area contributed by atoms with Gasteiger partial charge in [-0.15, -0.1) is 11.8 Å². The second-order valence-corrected chi connectivity index (χ2v) is 4.67. The quantitative estimate of drug-likeness (QED) is 0.725. The maximum atomic E-state index is 8.79. The average Bonchev–Trinajstić information content (AvgIpc) is 2.19. The molecule has 2 N–H and O–H groups in total. The Bertz CT molecular complexity index is 296. The summed E-state index contributed by atoms with van der Waals surface area (Å²) in [5.74, 6) is 0.804. The Labute approximate surface area is 94.5 Å². The maximum absolute atomic E-state index is 8.79. The van der Waals surface area contributed by atoms with Crippen LogP contribution < -0.4 is 5.32 Å². The summed E-state index contributed by atoms with van der Waals surface area (Å²) in [6.45, 7) is 5.15. The Morgan fingerprint density at radius 2 is 2.33 bits per heavy atom. The van der Waals surface area contributed by atoms with Crippen LogP contribution in [0.4, 0.5) is 5.82 Å². The molecule has 0 aliphatic carbocycles. The number of rotatable bonds is 6. The van der Waals surface area contributed by atoms with Crippen molar-refractivity contribution in [3.63, 3.8) is 0 Å². The zero-order valence-corrected chi connectivity index (χ0v) is 9.92. The number of nitrogens with one attached hydrogen (secondary N) is 1. The molecule has 0 aromatic carbocycles. The maximum Gasteiger partial charge on any atom is 0.145 e. The summed E-state index contributed by atoms with van der Waals surface area (Å²) < 4.78 is 0. The minimum Gasteiger partial charge on any atom is -0.396 e. The largest absolute Gasteiger partial charge is 0.396 e. The van der Waals surface area contributed by atoms with Crippen molar-refractivity contribution in [1.29, 1.82) is 0 Å². The Morgan fingerprint density at radius 3 is 3.00 bits per heavy atom. The Hall–Kier alpha value is -0.810. The van der Waals surface area contributed by atoms with Crippen molar-refractivity contribution in [2.75, 3.05) is 18.5 Å². The van der Waals surface area contributed by atoms with Gasteiger partial charge in [-0.25, -0.2) is 4.98 Å². The van der Waals surface area contributed by atoms with Crippen molar-refractivity contribution < 1.29 is 5.11 Å². The summed E-state index contributed by atoms with van der Waals surface area (Å²) in [5, 5.41) is 13.2. The lowest BCUT2D eigenvalue weighted by molar-refractivity contribution is 0.289. The second-order valence-electron chi connectivity index (χ2n) is 3.21. The van der Waals surface area contributed by atoms with E-state index in [1.165, 1.54) is 0 Å². The van der Waals surface area contributed by atoms with E-state index in [1.807, 2.05) is 6.92 Å². The molecule has 1 unspecified atom stereocenters. The van der Waals surface area contributed by atoms with Gasteiger partial charge >= 0.3 is 0 Å². The molecule has 1 aromatic heterocycles. The van der Waals surface area contributed by atoms with Crippen molar-refractivity contribution in [2.45, 2.75) is 30.5 Å². The van der Waals surface area contributed by atoms with Crippen LogP contribution in [0.5, 0.6) is 0 Å². The topological polar surface area (TPSA) is 58.0 Å². The van der Waals surface area contributed by atoms with Crippen LogP contribution in [0.3, 0.4) is 0 Å². The van der Waals surface area contributed by atoms with E-state index in [9.17, 15) is 0 Å². The fraction of sp³-hybridized carbons (Fsp3) is 0.600. The van der Waals surface area contributed by atoms with Gasteiger partial charge in [0.15, 0.2) is 0 Å². The highest BCUT2D eigenvalue weighted by molar-refractivity contribution is 7.99. The monoisotopic (exact) mass is 227 g/mol. The zero-order chi connectivity index (χ0) is 11.1. The van der Waals surface area contributed by atoms with Gasteiger partial charge in [-0.1, -0.05) is 6.92 Å². The molecule has 1 heterocycles. The standard InChI is InChI=1S/C10H17N3OS/c1-3-12-9-6-11-7-10(13-9)15-8(2)4-5-14/h6-8,14H,3-5H2,1-2H3,(H,12,13). The SMILES string of the molecule is CCNc1cncc(SC(C)CCO)n1. The highest BCUT2D eigenvalue weighted by Gasteiger charge is 2.05. The lowest BCUT2D eigenvalue weighted by Crippen LogP contribution is -2.03. The molecule has 0 amide bonds. The average molecular weight is 227 g/mol. The first kappa shape index (κ1) is 12.3. The number of thioether (sulfide) groups is 1. The van der Waals surface area contributed by atoms with Crippen LogP contribution in [0.15, 0.2) is 17.4 Å². The van der Waals surface area contributed by atoms with Gasteiger partial charge in [0.1, 0.15) is 10.8 Å². The van der Waals surface area contributed by atoms with E-state index in [1.54, 1.807) is 24.2 Å². The van der Waals surface area contributed by atoms with Gasteiger partial charge in [0.2, 0.25) is 0 Å². The lowest BCUT2D eigenvalue weighted by atomic mass is 10.3. The Kier molecular flexibility index (Phi) is 5.42. The number of hydrogen-bond acceptors (Lipinski definition) is 5. The molecule has 84 valence electrons. The second kappa shape index (κ2) is 6.63. The van der Waals surface area contributed by atoms with Crippen molar-refractivity contribution >= 4 is 17.6 Å². The van der Waals surface area contributed by atoms with Crippen LogP contribution in [0, 0.1) is 0 Å². The van der Waals surface area contributed by atoms with E-state index in [-0.39, 0.29) is 6.61 Å². The Morgan fingerprint density at radius 1 is 1.53 bits per heavy atom. The van der Waals surface area contributed by atoms with Crippen LogP contribution in [0.2, 0.25) is 0 Å². The summed E-state index contributed by atoms with van der Waals surface area (Å²) in [6, 6.07) is 0. The van der Waals surface area contributed by atoms with Gasteiger partial charge in [0.05, 0.1) is 12.4 Å². The number of hydrogen-bond donors (Lipinski definition) is 2. The third-order valence-corrected chi connectivity index (χ3v) is 2.90. The highest BCUT2D eigenvalue weighted by atomic mass is 32.2. The van der Waals surface area contributed by atoms with E-state index >= 15 is 0 Å². The molecule has 0 aliphatic heterocycles. The molecule has 0 bridgehead atoms. The minimum atomic E-state index is 0.217. The van der Waals surface area contributed by atoms with Crippen molar-refractivity contribution in [1.82, 2.24) is 9.97 Å². The molecule has 15 heavy (non-hydrogen) atoms. The van der Waals surface area contributed by atoms with Gasteiger partial charge in [-0.05, 0) is 13.3 Å². The summed E-state index contributed by atoms with van der Waals surface area (Å²) >= 11 is 1.63. The van der Waals surface area contributed by atoms with Gasteiger partial charge in [-0.2, -0.15) is 0 Å². The number of anilines is 1. The van der Waals surface area contributed by atoms with E-state index in [0.717, 1.165) is 23.8 Å². The fourth-order valence-corrected chi connectivity index (χ4v) is 2.03. The van der Waals surface area contributed by atoms with E-state index in [4.69, 9.17) is 5.11 Å². The zero-order valence-electron chi connectivity index (χ0n) is 9.10. The van der Waals surface area contributed by atoms with Crippen LogP contribution >= 0.6 is 11.8 Å². The van der Waals surface area contributed by atoms with Crippen LogP contribution in [-0.2, 0) is 0 Å². The number of nitrogens with zero attached hydrogens (tertiary/aromatic N) is 2. The molecule has 0 fully saturated rings. The predicted molar refractivity (Wildman–Crippen MR) is 63.2 cm³/mol. The predicted octanol–water partition coefficient (Wildman–Crippen LogP) is 1.77. The minimum absolute atomic E-state index is 0.217. The summed E-state index contributed by atoms with van der Waals surface area (Å²) in [4.78, 5) is 8.50. The summed E-state index contributed by atoms with van der Waals surface area (Å²) in [5.41, 5.74) is 0. The molecule has 0 saturated carbocycles. The molecule has 1 atom stereocenters.